The molecule has 0 saturated carbocycles. The normalized spacial score (nSPS) is 10.2. The van der Waals surface area contributed by atoms with Crippen molar-refractivity contribution in [2.75, 3.05) is 0 Å². The summed E-state index contributed by atoms with van der Waals surface area (Å²) in [6, 6.07) is 8.91. The predicted molar refractivity (Wildman–Crippen MR) is 71.0 cm³/mol. The molecule has 0 aliphatic rings. The van der Waals surface area contributed by atoms with Gasteiger partial charge in [-0.2, -0.15) is 0 Å². The van der Waals surface area contributed by atoms with Crippen LogP contribution in [0.2, 0.25) is 5.02 Å². The molecule has 6 heteroatoms. The van der Waals surface area contributed by atoms with Gasteiger partial charge >= 0.3 is 0 Å². The van der Waals surface area contributed by atoms with Gasteiger partial charge in [0.25, 0.3) is 5.69 Å². The topological polar surface area (TPSA) is 72.6 Å². The van der Waals surface area contributed by atoms with E-state index < -0.39 is 4.92 Å². The fraction of sp³-hybridized carbons (Fsp3) is 0.0769. The Morgan fingerprint density at radius 1 is 1.26 bits per heavy atom. The smallest absolute Gasteiger partial charge is 0.288 e. The molecular weight excluding hydrogens is 270 g/mol. The van der Waals surface area contributed by atoms with Gasteiger partial charge in [0.15, 0.2) is 0 Å². The van der Waals surface area contributed by atoms with Crippen LogP contribution in [0.5, 0.6) is 17.2 Å². The van der Waals surface area contributed by atoms with Gasteiger partial charge in [0.2, 0.25) is 0 Å². The van der Waals surface area contributed by atoms with Gasteiger partial charge in [0.05, 0.1) is 4.92 Å². The molecule has 98 valence electrons. The minimum atomic E-state index is -0.542. The summed E-state index contributed by atoms with van der Waals surface area (Å²) >= 11 is 5.83. The van der Waals surface area contributed by atoms with Gasteiger partial charge in [-0.25, -0.2) is 0 Å². The van der Waals surface area contributed by atoms with Crippen LogP contribution in [0.15, 0.2) is 36.4 Å². The van der Waals surface area contributed by atoms with Gasteiger partial charge in [-0.1, -0.05) is 11.6 Å². The first kappa shape index (κ1) is 13.2. The summed E-state index contributed by atoms with van der Waals surface area (Å²) in [6.45, 7) is 1.69. The van der Waals surface area contributed by atoms with Crippen molar-refractivity contribution in [3.05, 3.63) is 57.1 Å². The summed E-state index contributed by atoms with van der Waals surface area (Å²) in [5.41, 5.74) is 0.446. The van der Waals surface area contributed by atoms with Crippen LogP contribution in [0, 0.1) is 17.0 Å². The van der Waals surface area contributed by atoms with Crippen molar-refractivity contribution in [3.8, 4) is 17.2 Å². The van der Waals surface area contributed by atoms with Crippen molar-refractivity contribution in [2.24, 2.45) is 0 Å². The van der Waals surface area contributed by atoms with Crippen LogP contribution in [0.25, 0.3) is 0 Å². The van der Waals surface area contributed by atoms with Crippen LogP contribution in [0.1, 0.15) is 5.56 Å². The minimum absolute atomic E-state index is 0.0179. The Kier molecular flexibility index (Phi) is 3.57. The van der Waals surface area contributed by atoms with Crippen molar-refractivity contribution >= 4 is 17.3 Å². The third-order valence-corrected chi connectivity index (χ3v) is 2.81. The Bertz CT molecular complexity index is 625. The summed E-state index contributed by atoms with van der Waals surface area (Å²) in [7, 11) is 0. The van der Waals surface area contributed by atoms with E-state index >= 15 is 0 Å². The van der Waals surface area contributed by atoms with Gasteiger partial charge in [0, 0.05) is 12.1 Å². The molecule has 0 aliphatic heterocycles. The van der Waals surface area contributed by atoms with Crippen LogP contribution < -0.4 is 4.74 Å². The van der Waals surface area contributed by atoms with E-state index in [9.17, 15) is 10.1 Å². The lowest BCUT2D eigenvalue weighted by atomic mass is 10.2. The highest BCUT2D eigenvalue weighted by Gasteiger charge is 2.16. The Morgan fingerprint density at radius 2 is 1.89 bits per heavy atom. The molecule has 2 aromatic rings. The molecule has 0 fully saturated rings. The number of halogens is 1. The van der Waals surface area contributed by atoms with E-state index in [0.717, 1.165) is 0 Å². The van der Waals surface area contributed by atoms with Crippen LogP contribution >= 0.6 is 11.6 Å². The lowest BCUT2D eigenvalue weighted by molar-refractivity contribution is -0.384. The van der Waals surface area contributed by atoms with Gasteiger partial charge in [0.1, 0.15) is 22.3 Å². The molecule has 0 aliphatic carbocycles. The molecule has 19 heavy (non-hydrogen) atoms. The maximum Gasteiger partial charge on any atom is 0.288 e. The first-order chi connectivity index (χ1) is 8.97. The van der Waals surface area contributed by atoms with Crippen molar-refractivity contribution in [2.45, 2.75) is 6.92 Å². The molecule has 0 amide bonds. The molecule has 2 rings (SSSR count). The van der Waals surface area contributed by atoms with Crippen molar-refractivity contribution in [1.82, 2.24) is 0 Å². The lowest BCUT2D eigenvalue weighted by Gasteiger charge is -2.09. The molecule has 0 bridgehead atoms. The van der Waals surface area contributed by atoms with Gasteiger partial charge < -0.3 is 9.84 Å². The van der Waals surface area contributed by atoms with Crippen molar-refractivity contribution in [3.63, 3.8) is 0 Å². The molecule has 0 atom stereocenters. The highest BCUT2D eigenvalue weighted by molar-refractivity contribution is 6.32. The Hall–Kier alpha value is -2.27. The third kappa shape index (κ3) is 2.95. The Labute approximate surface area is 114 Å². The third-order valence-electron chi connectivity index (χ3n) is 2.51. The quantitative estimate of drug-likeness (QED) is 0.679. The number of rotatable bonds is 3. The minimum Gasteiger partial charge on any atom is -0.508 e. The van der Waals surface area contributed by atoms with E-state index in [2.05, 4.69) is 0 Å². The monoisotopic (exact) mass is 279 g/mol. The number of phenolic OH excluding ortho intramolecular Hbond substituents is 1. The largest absolute Gasteiger partial charge is 0.508 e. The van der Waals surface area contributed by atoms with Crippen LogP contribution in [0.3, 0.4) is 0 Å². The number of aryl methyl sites for hydroxylation is 1. The number of aromatic hydroxyl groups is 1. The van der Waals surface area contributed by atoms with Crippen LogP contribution in [0.4, 0.5) is 5.69 Å². The van der Waals surface area contributed by atoms with Gasteiger partial charge in [-0.05, 0) is 36.8 Å². The van der Waals surface area contributed by atoms with E-state index in [-0.39, 0.29) is 16.5 Å². The number of phenols is 1. The molecule has 1 N–H and O–H groups in total. The highest BCUT2D eigenvalue weighted by Crippen LogP contribution is 2.34. The standard InChI is InChI=1S/C13H10ClNO4/c1-8-6-12(15(17)18)11(14)7-13(8)19-10-4-2-9(16)3-5-10/h2-7,16H,1H3. The molecule has 0 saturated heterocycles. The number of ether oxygens (including phenoxy) is 1. The second-order valence-electron chi connectivity index (χ2n) is 3.92. The summed E-state index contributed by atoms with van der Waals surface area (Å²) in [4.78, 5) is 10.2. The molecule has 0 radical (unpaired) electrons. The number of nitro groups is 1. The average Bonchev–Trinajstić information content (AvgIpc) is 2.35. The maximum atomic E-state index is 10.7. The molecule has 0 spiro atoms. The fourth-order valence-electron chi connectivity index (χ4n) is 1.54. The van der Waals surface area contributed by atoms with E-state index in [1.165, 1.54) is 24.3 Å². The van der Waals surface area contributed by atoms with Crippen LogP contribution in [-0.2, 0) is 0 Å². The maximum absolute atomic E-state index is 10.7. The summed E-state index contributed by atoms with van der Waals surface area (Å²) in [5.74, 6) is 1.07. The Balaban J connectivity index is 2.33. The zero-order valence-electron chi connectivity index (χ0n) is 9.96. The average molecular weight is 280 g/mol. The molecule has 0 heterocycles. The van der Waals surface area contributed by atoms with Gasteiger partial charge in [-0.15, -0.1) is 0 Å². The van der Waals surface area contributed by atoms with E-state index in [0.29, 0.717) is 17.1 Å². The van der Waals surface area contributed by atoms with Gasteiger partial charge in [-0.3, -0.25) is 10.1 Å². The second kappa shape index (κ2) is 5.16. The van der Waals surface area contributed by atoms with Crippen LogP contribution in [-0.4, -0.2) is 10.0 Å². The van der Waals surface area contributed by atoms with Crippen molar-refractivity contribution in [1.29, 1.82) is 0 Å². The SMILES string of the molecule is Cc1cc([N+](=O)[O-])c(Cl)cc1Oc1ccc(O)cc1. The zero-order valence-corrected chi connectivity index (χ0v) is 10.7. The zero-order chi connectivity index (χ0) is 14.0. The molecule has 0 unspecified atom stereocenters. The first-order valence-electron chi connectivity index (χ1n) is 5.39. The van der Waals surface area contributed by atoms with E-state index in [1.54, 1.807) is 19.1 Å². The second-order valence-corrected chi connectivity index (χ2v) is 4.33. The molecular formula is C13H10ClNO4. The van der Waals surface area contributed by atoms with E-state index in [4.69, 9.17) is 21.4 Å². The number of hydrogen-bond acceptors (Lipinski definition) is 4. The lowest BCUT2D eigenvalue weighted by Crippen LogP contribution is -1.93. The molecule has 2 aromatic carbocycles. The fourth-order valence-corrected chi connectivity index (χ4v) is 1.76. The molecule has 5 nitrogen and oxygen atoms in total. The predicted octanol–water partition coefficient (Wildman–Crippen LogP) is 4.05. The summed E-state index contributed by atoms with van der Waals surface area (Å²) in [6.07, 6.45) is 0. The molecule has 0 aromatic heterocycles. The van der Waals surface area contributed by atoms with Crippen molar-refractivity contribution < 1.29 is 14.8 Å². The number of nitro benzene ring substituents is 1. The Morgan fingerprint density at radius 3 is 2.47 bits per heavy atom. The summed E-state index contributed by atoms with van der Waals surface area (Å²) < 4.78 is 5.56. The highest BCUT2D eigenvalue weighted by atomic mass is 35.5. The first-order valence-corrected chi connectivity index (χ1v) is 5.76. The number of nitrogens with zero attached hydrogens (tertiary/aromatic N) is 1. The van der Waals surface area contributed by atoms with E-state index in [1.807, 2.05) is 0 Å². The number of hydrogen-bond donors (Lipinski definition) is 1. The summed E-state index contributed by atoms with van der Waals surface area (Å²) in [5, 5.41) is 19.9. The number of benzene rings is 2.